The Morgan fingerprint density at radius 1 is 1.00 bits per heavy atom. The number of amides is 3. The van der Waals surface area contributed by atoms with E-state index in [1.165, 1.54) is 36.4 Å². The molecule has 1 aliphatic heterocycles. The van der Waals surface area contributed by atoms with Crippen LogP contribution in [0.25, 0.3) is 0 Å². The summed E-state index contributed by atoms with van der Waals surface area (Å²) in [6, 6.07) is 12.0. The molecule has 31 heavy (non-hydrogen) atoms. The lowest BCUT2D eigenvalue weighted by molar-refractivity contribution is -0.207. The van der Waals surface area contributed by atoms with E-state index in [2.05, 4.69) is 4.74 Å². The fraction of sp³-hybridized carbons (Fsp3) is 0.238. The molecule has 1 heterocycles. The Morgan fingerprint density at radius 2 is 1.52 bits per heavy atom. The Balaban J connectivity index is 1.99. The summed E-state index contributed by atoms with van der Waals surface area (Å²) in [6.07, 6.45) is -6.85. The molecule has 0 radical (unpaired) electrons. The lowest BCUT2D eigenvalue weighted by Gasteiger charge is -2.32. The van der Waals surface area contributed by atoms with E-state index in [0.717, 1.165) is 6.92 Å². The highest BCUT2D eigenvalue weighted by atomic mass is 19.4. The number of aryl methyl sites for hydroxylation is 1. The van der Waals surface area contributed by atoms with Crippen molar-refractivity contribution < 1.29 is 37.1 Å². The van der Waals surface area contributed by atoms with Gasteiger partial charge in [0.25, 0.3) is 11.8 Å². The topological polar surface area (TPSA) is 84.0 Å². The Labute approximate surface area is 175 Å². The maximum absolute atomic E-state index is 12.9. The average Bonchev–Trinajstić information content (AvgIpc) is 2.95. The first-order chi connectivity index (χ1) is 14.5. The molecule has 3 rings (SSSR count). The number of carbonyl (C=O) groups is 4. The molecular weight excluding hydrogens is 417 g/mol. The highest BCUT2D eigenvalue weighted by Crippen LogP contribution is 2.30. The number of esters is 1. The van der Waals surface area contributed by atoms with E-state index < -0.39 is 42.5 Å². The highest BCUT2D eigenvalue weighted by Gasteiger charge is 2.45. The number of rotatable bonds is 5. The van der Waals surface area contributed by atoms with Gasteiger partial charge in [-0.1, -0.05) is 36.4 Å². The third-order valence-corrected chi connectivity index (χ3v) is 4.73. The average molecular weight is 434 g/mol. The number of benzene rings is 2. The quantitative estimate of drug-likeness (QED) is 0.533. The smallest absolute Gasteiger partial charge is 0.449 e. The summed E-state index contributed by atoms with van der Waals surface area (Å²) in [5.41, 5.74) is 0.799. The molecule has 0 bridgehead atoms. The molecule has 0 aliphatic carbocycles. The zero-order chi connectivity index (χ0) is 22.9. The van der Waals surface area contributed by atoms with Crippen LogP contribution in [0.4, 0.5) is 13.2 Å². The molecule has 10 heteroatoms. The number of hydrogen-bond acceptors (Lipinski definition) is 5. The molecule has 1 aliphatic rings. The number of halogens is 3. The first-order valence-corrected chi connectivity index (χ1v) is 9.11. The number of alkyl halides is 3. The van der Waals surface area contributed by atoms with Crippen molar-refractivity contribution in [3.63, 3.8) is 0 Å². The molecule has 0 N–H and O–H groups in total. The third-order valence-electron chi connectivity index (χ3n) is 4.73. The predicted molar refractivity (Wildman–Crippen MR) is 100 cm³/mol. The number of imide groups is 1. The molecule has 2 aromatic carbocycles. The summed E-state index contributed by atoms with van der Waals surface area (Å²) in [5.74, 6) is -4.86. The molecule has 0 saturated carbocycles. The van der Waals surface area contributed by atoms with Crippen LogP contribution in [0.15, 0.2) is 48.5 Å². The van der Waals surface area contributed by atoms with Crippen molar-refractivity contribution in [1.29, 1.82) is 0 Å². The molecule has 1 unspecified atom stereocenters. The monoisotopic (exact) mass is 434 g/mol. The summed E-state index contributed by atoms with van der Waals surface area (Å²) < 4.78 is 43.2. The Morgan fingerprint density at radius 3 is 2.00 bits per heavy atom. The van der Waals surface area contributed by atoms with Crippen LogP contribution in [0.1, 0.15) is 44.9 Å². The van der Waals surface area contributed by atoms with Crippen molar-refractivity contribution in [1.82, 2.24) is 10.0 Å². The molecule has 2 aromatic rings. The van der Waals surface area contributed by atoms with Crippen molar-refractivity contribution in [2.75, 3.05) is 6.54 Å². The van der Waals surface area contributed by atoms with Crippen molar-refractivity contribution in [2.45, 2.75) is 26.1 Å². The molecule has 0 fully saturated rings. The standard InChI is InChI=1S/C21H17F3N2O5/c1-12-7-3-4-8-14(12)17(31-20(30)21(22,23)24)11-25(13(2)27)26-18(28)15-9-5-6-10-16(15)19(26)29/h3-10,17H,11H2,1-2H3. The maximum atomic E-state index is 12.9. The first-order valence-electron chi connectivity index (χ1n) is 9.11. The second-order valence-corrected chi connectivity index (χ2v) is 6.82. The van der Waals surface area contributed by atoms with Gasteiger partial charge in [0.15, 0.2) is 0 Å². The summed E-state index contributed by atoms with van der Waals surface area (Å²) in [7, 11) is 0. The van der Waals surface area contributed by atoms with Gasteiger partial charge in [0, 0.05) is 6.92 Å². The molecule has 162 valence electrons. The van der Waals surface area contributed by atoms with Crippen LogP contribution in [0, 0.1) is 6.92 Å². The Kier molecular flexibility index (Phi) is 5.83. The minimum atomic E-state index is -5.27. The Hall–Kier alpha value is -3.69. The van der Waals surface area contributed by atoms with Crippen LogP contribution >= 0.6 is 0 Å². The Bertz CT molecular complexity index is 1030. The van der Waals surface area contributed by atoms with E-state index in [0.29, 0.717) is 15.6 Å². The minimum absolute atomic E-state index is 0.0541. The number of carbonyl (C=O) groups excluding carboxylic acids is 4. The minimum Gasteiger partial charge on any atom is -0.449 e. The normalized spacial score (nSPS) is 14.3. The summed E-state index contributed by atoms with van der Waals surface area (Å²) in [6.45, 7) is 1.96. The fourth-order valence-corrected chi connectivity index (χ4v) is 3.25. The molecule has 0 aromatic heterocycles. The van der Waals surface area contributed by atoms with Crippen LogP contribution in [0.5, 0.6) is 0 Å². The predicted octanol–water partition coefficient (Wildman–Crippen LogP) is 3.20. The molecule has 7 nitrogen and oxygen atoms in total. The van der Waals surface area contributed by atoms with E-state index in [1.807, 2.05) is 0 Å². The molecule has 3 amide bonds. The van der Waals surface area contributed by atoms with Gasteiger partial charge < -0.3 is 4.74 Å². The largest absolute Gasteiger partial charge is 0.490 e. The maximum Gasteiger partial charge on any atom is 0.490 e. The molecule has 1 atom stereocenters. The second kappa shape index (κ2) is 8.21. The van der Waals surface area contributed by atoms with Crippen LogP contribution in [-0.4, -0.2) is 46.4 Å². The zero-order valence-corrected chi connectivity index (χ0v) is 16.5. The van der Waals surface area contributed by atoms with Crippen LogP contribution in [0.2, 0.25) is 0 Å². The van der Waals surface area contributed by atoms with Crippen molar-refractivity contribution in [2.24, 2.45) is 0 Å². The SMILES string of the molecule is CC(=O)N(CC(OC(=O)C(F)(F)F)c1ccccc1C)N1C(=O)c2ccccc2C1=O. The van der Waals surface area contributed by atoms with E-state index >= 15 is 0 Å². The van der Waals surface area contributed by atoms with Gasteiger partial charge in [0.05, 0.1) is 17.7 Å². The zero-order valence-electron chi connectivity index (χ0n) is 16.5. The van der Waals surface area contributed by atoms with Crippen LogP contribution < -0.4 is 0 Å². The number of ether oxygens (including phenoxy) is 1. The van der Waals surface area contributed by atoms with E-state index in [9.17, 15) is 32.3 Å². The van der Waals surface area contributed by atoms with Crippen molar-refractivity contribution in [3.05, 3.63) is 70.8 Å². The first kappa shape index (κ1) is 22.0. The fourth-order valence-electron chi connectivity index (χ4n) is 3.25. The summed E-state index contributed by atoms with van der Waals surface area (Å²) >= 11 is 0. The summed E-state index contributed by atoms with van der Waals surface area (Å²) in [5, 5.41) is 1.24. The van der Waals surface area contributed by atoms with Crippen LogP contribution in [0.3, 0.4) is 0 Å². The van der Waals surface area contributed by atoms with Gasteiger partial charge in [0.1, 0.15) is 6.10 Å². The third kappa shape index (κ3) is 4.27. The number of fused-ring (bicyclic) bond motifs is 1. The van der Waals surface area contributed by atoms with Crippen LogP contribution in [-0.2, 0) is 14.3 Å². The molecule has 0 saturated heterocycles. The second-order valence-electron chi connectivity index (χ2n) is 6.82. The van der Waals surface area contributed by atoms with Crippen molar-refractivity contribution >= 4 is 23.7 Å². The van der Waals surface area contributed by atoms with Gasteiger partial charge in [-0.2, -0.15) is 18.2 Å². The van der Waals surface area contributed by atoms with Gasteiger partial charge in [-0.15, -0.1) is 0 Å². The van der Waals surface area contributed by atoms with Gasteiger partial charge in [0.2, 0.25) is 5.91 Å². The number of nitrogens with zero attached hydrogens (tertiary/aromatic N) is 2. The lowest BCUT2D eigenvalue weighted by atomic mass is 10.0. The van der Waals surface area contributed by atoms with Gasteiger partial charge in [-0.3, -0.25) is 14.4 Å². The number of hydrazine groups is 1. The van der Waals surface area contributed by atoms with E-state index in [4.69, 9.17) is 0 Å². The highest BCUT2D eigenvalue weighted by molar-refractivity contribution is 6.21. The van der Waals surface area contributed by atoms with Gasteiger partial charge in [-0.25, -0.2) is 9.80 Å². The lowest BCUT2D eigenvalue weighted by Crippen LogP contribution is -2.51. The number of hydrogen-bond donors (Lipinski definition) is 0. The van der Waals surface area contributed by atoms with E-state index in [-0.39, 0.29) is 16.7 Å². The van der Waals surface area contributed by atoms with Gasteiger partial charge in [-0.05, 0) is 30.2 Å². The molecular formula is C21H17F3N2O5. The van der Waals surface area contributed by atoms with E-state index in [1.54, 1.807) is 19.1 Å². The van der Waals surface area contributed by atoms with Crippen molar-refractivity contribution in [3.8, 4) is 0 Å². The van der Waals surface area contributed by atoms with Gasteiger partial charge >= 0.3 is 12.1 Å². The molecule has 0 spiro atoms. The summed E-state index contributed by atoms with van der Waals surface area (Å²) in [4.78, 5) is 49.4.